The van der Waals surface area contributed by atoms with E-state index in [1.165, 1.54) is 6.42 Å². The van der Waals surface area contributed by atoms with Crippen molar-refractivity contribution in [1.82, 2.24) is 0 Å². The van der Waals surface area contributed by atoms with Crippen LogP contribution in [0.2, 0.25) is 0 Å². The molecule has 2 atom stereocenters. The van der Waals surface area contributed by atoms with Crippen LogP contribution >= 0.6 is 27.5 Å². The Bertz CT molecular complexity index is 44.5. The number of alkyl halides is 2. The molecule has 50 valence electrons. The predicted molar refractivity (Wildman–Crippen MR) is 42.9 cm³/mol. The lowest BCUT2D eigenvalue weighted by Crippen LogP contribution is -1.96. The molecule has 0 aliphatic carbocycles. The lowest BCUT2D eigenvalue weighted by atomic mass is 10.2. The lowest BCUT2D eigenvalue weighted by Gasteiger charge is -2.02. The predicted octanol–water partition coefficient (Wildman–Crippen LogP) is 3.18. The minimum absolute atomic E-state index is 0.329. The Morgan fingerprint density at radius 2 is 1.88 bits per heavy atom. The van der Waals surface area contributed by atoms with Gasteiger partial charge in [0.25, 0.3) is 0 Å². The van der Waals surface area contributed by atoms with Crippen molar-refractivity contribution in [3.8, 4) is 0 Å². The molecule has 0 radical (unpaired) electrons. The van der Waals surface area contributed by atoms with Crippen molar-refractivity contribution in [3.05, 3.63) is 0 Å². The van der Waals surface area contributed by atoms with Gasteiger partial charge in [-0.25, -0.2) is 0 Å². The summed E-state index contributed by atoms with van der Waals surface area (Å²) in [6.45, 7) is 4.16. The van der Waals surface area contributed by atoms with Crippen LogP contribution in [0.25, 0.3) is 0 Å². The Labute approximate surface area is 64.7 Å². The standard InChI is InChI=1S/C6H12BrCl/c1-5(7)3-4-6(2)8/h5-6H,3-4H2,1-2H3. The number of hydrogen-bond donors (Lipinski definition) is 0. The first-order valence-electron chi connectivity index (χ1n) is 2.91. The van der Waals surface area contributed by atoms with Crippen molar-refractivity contribution in [3.63, 3.8) is 0 Å². The summed E-state index contributed by atoms with van der Waals surface area (Å²) in [5.74, 6) is 0. The van der Waals surface area contributed by atoms with Crippen LogP contribution in [0.5, 0.6) is 0 Å². The SMILES string of the molecule is CC(Cl)CCC(C)Br. The van der Waals surface area contributed by atoms with E-state index in [4.69, 9.17) is 11.6 Å². The molecule has 0 aliphatic rings. The fraction of sp³-hybridized carbons (Fsp3) is 1.00. The summed E-state index contributed by atoms with van der Waals surface area (Å²) in [6.07, 6.45) is 2.28. The summed E-state index contributed by atoms with van der Waals surface area (Å²) in [4.78, 5) is 0.615. The van der Waals surface area contributed by atoms with E-state index in [1.807, 2.05) is 6.92 Å². The van der Waals surface area contributed by atoms with Gasteiger partial charge in [-0.3, -0.25) is 0 Å². The van der Waals surface area contributed by atoms with Gasteiger partial charge >= 0.3 is 0 Å². The Morgan fingerprint density at radius 3 is 2.00 bits per heavy atom. The fourth-order valence-electron chi connectivity index (χ4n) is 0.459. The summed E-state index contributed by atoms with van der Waals surface area (Å²) in [7, 11) is 0. The minimum Gasteiger partial charge on any atom is -0.123 e. The van der Waals surface area contributed by atoms with Gasteiger partial charge in [0, 0.05) is 10.2 Å². The van der Waals surface area contributed by atoms with Crippen molar-refractivity contribution in [2.24, 2.45) is 0 Å². The van der Waals surface area contributed by atoms with Crippen LogP contribution < -0.4 is 0 Å². The molecule has 0 rings (SSSR count). The summed E-state index contributed by atoms with van der Waals surface area (Å²) in [6, 6.07) is 0. The Hall–Kier alpha value is 0.770. The summed E-state index contributed by atoms with van der Waals surface area (Å²) in [5.41, 5.74) is 0. The largest absolute Gasteiger partial charge is 0.123 e. The maximum atomic E-state index is 5.70. The molecule has 2 unspecified atom stereocenters. The third-order valence-electron chi connectivity index (χ3n) is 0.962. The van der Waals surface area contributed by atoms with E-state index in [1.54, 1.807) is 0 Å². The van der Waals surface area contributed by atoms with Crippen LogP contribution in [-0.4, -0.2) is 10.2 Å². The van der Waals surface area contributed by atoms with Crippen LogP contribution in [0.4, 0.5) is 0 Å². The van der Waals surface area contributed by atoms with Gasteiger partial charge in [-0.05, 0) is 19.8 Å². The fourth-order valence-corrected chi connectivity index (χ4v) is 0.850. The Morgan fingerprint density at radius 1 is 1.38 bits per heavy atom. The van der Waals surface area contributed by atoms with Crippen LogP contribution in [0.1, 0.15) is 26.7 Å². The van der Waals surface area contributed by atoms with E-state index in [9.17, 15) is 0 Å². The Kier molecular flexibility index (Phi) is 5.08. The first-order chi connectivity index (χ1) is 3.63. The molecule has 0 amide bonds. The maximum Gasteiger partial charge on any atom is 0.0308 e. The highest BCUT2D eigenvalue weighted by atomic mass is 79.9. The van der Waals surface area contributed by atoms with Gasteiger partial charge in [-0.1, -0.05) is 22.9 Å². The second-order valence-electron chi connectivity index (χ2n) is 2.14. The quantitative estimate of drug-likeness (QED) is 0.613. The maximum absolute atomic E-state index is 5.70. The average Bonchev–Trinajstić information content (AvgIpc) is 1.61. The molecule has 0 aromatic carbocycles. The normalized spacial score (nSPS) is 18.0. The van der Waals surface area contributed by atoms with Crippen LogP contribution in [0.15, 0.2) is 0 Å². The van der Waals surface area contributed by atoms with E-state index >= 15 is 0 Å². The molecule has 0 saturated carbocycles. The highest BCUT2D eigenvalue weighted by molar-refractivity contribution is 9.09. The highest BCUT2D eigenvalue weighted by Gasteiger charge is 1.98. The van der Waals surface area contributed by atoms with Crippen LogP contribution in [-0.2, 0) is 0 Å². The minimum atomic E-state index is 0.329. The molecule has 8 heavy (non-hydrogen) atoms. The van der Waals surface area contributed by atoms with Gasteiger partial charge in [0.2, 0.25) is 0 Å². The van der Waals surface area contributed by atoms with E-state index in [0.717, 1.165) is 6.42 Å². The second-order valence-corrected chi connectivity index (χ2v) is 4.45. The van der Waals surface area contributed by atoms with Gasteiger partial charge in [-0.15, -0.1) is 11.6 Å². The zero-order chi connectivity index (χ0) is 6.57. The monoisotopic (exact) mass is 198 g/mol. The molecule has 0 aromatic rings. The number of halogens is 2. The summed E-state index contributed by atoms with van der Waals surface area (Å²) < 4.78 is 0. The van der Waals surface area contributed by atoms with E-state index in [0.29, 0.717) is 10.2 Å². The molecule has 0 saturated heterocycles. The van der Waals surface area contributed by atoms with Crippen molar-refractivity contribution in [2.45, 2.75) is 36.9 Å². The van der Waals surface area contributed by atoms with E-state index in [2.05, 4.69) is 22.9 Å². The Balaban J connectivity index is 2.93. The van der Waals surface area contributed by atoms with Gasteiger partial charge < -0.3 is 0 Å². The lowest BCUT2D eigenvalue weighted by molar-refractivity contribution is 0.725. The molecule has 0 nitrogen and oxygen atoms in total. The van der Waals surface area contributed by atoms with Gasteiger partial charge in [-0.2, -0.15) is 0 Å². The third-order valence-corrected chi connectivity index (χ3v) is 1.64. The smallest absolute Gasteiger partial charge is 0.0308 e. The third kappa shape index (κ3) is 6.77. The summed E-state index contributed by atoms with van der Waals surface area (Å²) in [5, 5.41) is 0.329. The van der Waals surface area contributed by atoms with Crippen molar-refractivity contribution in [1.29, 1.82) is 0 Å². The van der Waals surface area contributed by atoms with Crippen molar-refractivity contribution in [2.75, 3.05) is 0 Å². The number of hydrogen-bond acceptors (Lipinski definition) is 0. The van der Waals surface area contributed by atoms with Gasteiger partial charge in [0.1, 0.15) is 0 Å². The molecule has 0 heterocycles. The molecule has 0 aliphatic heterocycles. The average molecular weight is 200 g/mol. The van der Waals surface area contributed by atoms with Gasteiger partial charge in [0.05, 0.1) is 0 Å². The second kappa shape index (κ2) is 4.63. The molecule has 0 bridgehead atoms. The number of rotatable bonds is 3. The van der Waals surface area contributed by atoms with Crippen LogP contribution in [0, 0.1) is 0 Å². The molecule has 0 N–H and O–H groups in total. The zero-order valence-corrected chi connectivity index (χ0v) is 7.67. The molecule has 0 spiro atoms. The van der Waals surface area contributed by atoms with E-state index < -0.39 is 0 Å². The first kappa shape index (κ1) is 8.77. The zero-order valence-electron chi connectivity index (χ0n) is 5.32. The molecular formula is C6H12BrCl. The molecular weight excluding hydrogens is 187 g/mol. The van der Waals surface area contributed by atoms with Gasteiger partial charge in [0.15, 0.2) is 0 Å². The van der Waals surface area contributed by atoms with Crippen molar-refractivity contribution >= 4 is 27.5 Å². The topological polar surface area (TPSA) is 0 Å². The van der Waals surface area contributed by atoms with E-state index in [-0.39, 0.29) is 0 Å². The molecule has 2 heteroatoms. The highest BCUT2D eigenvalue weighted by Crippen LogP contribution is 2.11. The summed E-state index contributed by atoms with van der Waals surface area (Å²) >= 11 is 9.15. The molecule has 0 aromatic heterocycles. The first-order valence-corrected chi connectivity index (χ1v) is 4.26. The van der Waals surface area contributed by atoms with Crippen LogP contribution in [0.3, 0.4) is 0 Å². The molecule has 0 fully saturated rings. The van der Waals surface area contributed by atoms with Crippen molar-refractivity contribution < 1.29 is 0 Å².